The van der Waals surface area contributed by atoms with E-state index in [9.17, 15) is 9.59 Å². The molecule has 0 radical (unpaired) electrons. The summed E-state index contributed by atoms with van der Waals surface area (Å²) in [7, 11) is 0. The summed E-state index contributed by atoms with van der Waals surface area (Å²) < 4.78 is 6.20. The standard InChI is InChI=1S/C22H14BrClO3/c23-18-10-5-17(6-11-18)22(26)27-19-12-7-16(8-13-19)21(25)14-9-15-3-1-2-4-20(15)24/h1-14H. The lowest BCUT2D eigenvalue weighted by Crippen LogP contribution is -2.08. The summed E-state index contributed by atoms with van der Waals surface area (Å²) in [5.74, 6) is -0.254. The lowest BCUT2D eigenvalue weighted by Gasteiger charge is -2.05. The molecule has 3 nitrogen and oxygen atoms in total. The monoisotopic (exact) mass is 440 g/mol. The smallest absolute Gasteiger partial charge is 0.343 e. The Bertz CT molecular complexity index is 993. The van der Waals surface area contributed by atoms with Gasteiger partial charge >= 0.3 is 5.97 Å². The molecule has 0 aliphatic heterocycles. The first kappa shape index (κ1) is 19.1. The molecule has 0 fully saturated rings. The van der Waals surface area contributed by atoms with Gasteiger partial charge < -0.3 is 4.74 Å². The number of esters is 1. The van der Waals surface area contributed by atoms with Gasteiger partial charge in [-0.3, -0.25) is 4.79 Å². The molecule has 0 bridgehead atoms. The number of carbonyl (C=O) groups is 2. The molecule has 0 aromatic heterocycles. The van der Waals surface area contributed by atoms with E-state index >= 15 is 0 Å². The minimum atomic E-state index is -0.458. The molecule has 0 aliphatic carbocycles. The number of benzene rings is 3. The zero-order chi connectivity index (χ0) is 19.2. The van der Waals surface area contributed by atoms with Crippen LogP contribution in [0.25, 0.3) is 6.08 Å². The van der Waals surface area contributed by atoms with Gasteiger partial charge in [0, 0.05) is 15.1 Å². The van der Waals surface area contributed by atoms with Gasteiger partial charge in [0.2, 0.25) is 0 Å². The third-order valence-corrected chi connectivity index (χ3v) is 4.62. The minimum absolute atomic E-state index is 0.166. The van der Waals surface area contributed by atoms with E-state index in [1.807, 2.05) is 18.2 Å². The van der Waals surface area contributed by atoms with Crippen molar-refractivity contribution < 1.29 is 14.3 Å². The molecule has 134 valence electrons. The van der Waals surface area contributed by atoms with E-state index in [0.29, 0.717) is 21.9 Å². The lowest BCUT2D eigenvalue weighted by atomic mass is 10.1. The first-order chi connectivity index (χ1) is 13.0. The zero-order valence-corrected chi connectivity index (χ0v) is 16.4. The van der Waals surface area contributed by atoms with Crippen molar-refractivity contribution in [3.8, 4) is 5.75 Å². The molecule has 0 saturated heterocycles. The summed E-state index contributed by atoms with van der Waals surface area (Å²) in [6.07, 6.45) is 3.14. The Morgan fingerprint density at radius 1 is 0.852 bits per heavy atom. The fourth-order valence-corrected chi connectivity index (χ4v) is 2.77. The van der Waals surface area contributed by atoms with Crippen molar-refractivity contribution in [2.24, 2.45) is 0 Å². The summed E-state index contributed by atoms with van der Waals surface area (Å²) in [5, 5.41) is 0.580. The predicted octanol–water partition coefficient (Wildman–Crippen LogP) is 6.22. The Morgan fingerprint density at radius 2 is 1.48 bits per heavy atom. The Kier molecular flexibility index (Phi) is 6.22. The van der Waals surface area contributed by atoms with Gasteiger partial charge in [-0.1, -0.05) is 45.7 Å². The molecule has 5 heteroatoms. The van der Waals surface area contributed by atoms with Gasteiger partial charge in [-0.2, -0.15) is 0 Å². The maximum atomic E-state index is 12.3. The molecule has 0 aliphatic rings. The Hall–Kier alpha value is -2.69. The van der Waals surface area contributed by atoms with E-state index in [0.717, 1.165) is 10.0 Å². The Morgan fingerprint density at radius 3 is 2.15 bits per heavy atom. The van der Waals surface area contributed by atoms with E-state index in [1.165, 1.54) is 6.08 Å². The van der Waals surface area contributed by atoms with Crippen molar-refractivity contribution in [1.29, 1.82) is 0 Å². The van der Waals surface area contributed by atoms with Crippen molar-refractivity contribution in [1.82, 2.24) is 0 Å². The normalized spacial score (nSPS) is 10.7. The highest BCUT2D eigenvalue weighted by Gasteiger charge is 2.09. The average molecular weight is 442 g/mol. The zero-order valence-electron chi connectivity index (χ0n) is 14.1. The third kappa shape index (κ3) is 5.16. The second-order valence-corrected chi connectivity index (χ2v) is 6.96. The molecule has 0 amide bonds. The third-order valence-electron chi connectivity index (χ3n) is 3.75. The van der Waals surface area contributed by atoms with E-state index in [2.05, 4.69) is 15.9 Å². The largest absolute Gasteiger partial charge is 0.423 e. The number of halogens is 2. The van der Waals surface area contributed by atoms with Crippen molar-refractivity contribution in [3.63, 3.8) is 0 Å². The van der Waals surface area contributed by atoms with Gasteiger partial charge in [0.25, 0.3) is 0 Å². The summed E-state index contributed by atoms with van der Waals surface area (Å²) in [4.78, 5) is 24.4. The van der Waals surface area contributed by atoms with Crippen LogP contribution in [0.1, 0.15) is 26.3 Å². The van der Waals surface area contributed by atoms with Gasteiger partial charge in [0.1, 0.15) is 5.75 Å². The van der Waals surface area contributed by atoms with E-state index in [-0.39, 0.29) is 5.78 Å². The first-order valence-corrected chi connectivity index (χ1v) is 9.25. The maximum absolute atomic E-state index is 12.3. The van der Waals surface area contributed by atoms with Crippen LogP contribution < -0.4 is 4.74 Å². The highest BCUT2D eigenvalue weighted by molar-refractivity contribution is 9.10. The average Bonchev–Trinajstić information content (AvgIpc) is 2.68. The number of allylic oxidation sites excluding steroid dienone is 1. The van der Waals surface area contributed by atoms with Gasteiger partial charge in [0.05, 0.1) is 5.56 Å². The fourth-order valence-electron chi connectivity index (χ4n) is 2.31. The van der Waals surface area contributed by atoms with Crippen LogP contribution >= 0.6 is 27.5 Å². The van der Waals surface area contributed by atoms with Gasteiger partial charge in [0.15, 0.2) is 5.78 Å². The fraction of sp³-hybridized carbons (Fsp3) is 0. The Labute approximate surface area is 170 Å². The number of ketones is 1. The lowest BCUT2D eigenvalue weighted by molar-refractivity contribution is 0.0734. The molecule has 3 rings (SSSR count). The predicted molar refractivity (Wildman–Crippen MR) is 110 cm³/mol. The molecule has 0 spiro atoms. The van der Waals surface area contributed by atoms with Crippen LogP contribution in [0.3, 0.4) is 0 Å². The van der Waals surface area contributed by atoms with Crippen molar-refractivity contribution in [3.05, 3.63) is 105 Å². The molecule has 0 saturated carbocycles. The molecular formula is C22H14BrClO3. The highest BCUT2D eigenvalue weighted by atomic mass is 79.9. The van der Waals surface area contributed by atoms with E-state index in [1.54, 1.807) is 60.7 Å². The van der Waals surface area contributed by atoms with Gasteiger partial charge in [-0.25, -0.2) is 4.79 Å². The number of ether oxygens (including phenoxy) is 1. The van der Waals surface area contributed by atoms with Crippen molar-refractivity contribution in [2.75, 3.05) is 0 Å². The molecule has 0 unspecified atom stereocenters. The molecule has 3 aromatic rings. The topological polar surface area (TPSA) is 43.4 Å². The second kappa shape index (κ2) is 8.80. The van der Waals surface area contributed by atoms with Crippen LogP contribution in [0.5, 0.6) is 5.75 Å². The van der Waals surface area contributed by atoms with Crippen LogP contribution in [0.2, 0.25) is 5.02 Å². The molecule has 0 N–H and O–H groups in total. The summed E-state index contributed by atoms with van der Waals surface area (Å²) in [6, 6.07) is 20.6. The second-order valence-electron chi connectivity index (χ2n) is 5.64. The Balaban J connectivity index is 1.66. The van der Waals surface area contributed by atoms with Crippen LogP contribution in [-0.4, -0.2) is 11.8 Å². The van der Waals surface area contributed by atoms with E-state index < -0.39 is 5.97 Å². The molecular weight excluding hydrogens is 428 g/mol. The number of hydrogen-bond donors (Lipinski definition) is 0. The molecule has 0 atom stereocenters. The summed E-state index contributed by atoms with van der Waals surface area (Å²) >= 11 is 9.39. The molecule has 3 aromatic carbocycles. The van der Waals surface area contributed by atoms with Gasteiger partial charge in [-0.05, 0) is 72.3 Å². The first-order valence-electron chi connectivity index (χ1n) is 8.08. The van der Waals surface area contributed by atoms with Crippen LogP contribution in [0.15, 0.2) is 83.3 Å². The minimum Gasteiger partial charge on any atom is -0.423 e. The maximum Gasteiger partial charge on any atom is 0.343 e. The number of carbonyl (C=O) groups excluding carboxylic acids is 2. The quantitative estimate of drug-likeness (QED) is 0.204. The molecule has 0 heterocycles. The SMILES string of the molecule is O=C(C=Cc1ccccc1Cl)c1ccc(OC(=O)c2ccc(Br)cc2)cc1. The summed E-state index contributed by atoms with van der Waals surface area (Å²) in [5.41, 5.74) is 1.70. The number of hydrogen-bond acceptors (Lipinski definition) is 3. The summed E-state index contributed by atoms with van der Waals surface area (Å²) in [6.45, 7) is 0. The van der Waals surface area contributed by atoms with Crippen LogP contribution in [0.4, 0.5) is 0 Å². The van der Waals surface area contributed by atoms with Crippen molar-refractivity contribution >= 4 is 45.4 Å². The highest BCUT2D eigenvalue weighted by Crippen LogP contribution is 2.19. The van der Waals surface area contributed by atoms with Gasteiger partial charge in [-0.15, -0.1) is 0 Å². The van der Waals surface area contributed by atoms with Crippen LogP contribution in [-0.2, 0) is 0 Å². The molecule has 27 heavy (non-hydrogen) atoms. The van der Waals surface area contributed by atoms with Crippen molar-refractivity contribution in [2.45, 2.75) is 0 Å². The number of rotatable bonds is 5. The van der Waals surface area contributed by atoms with E-state index in [4.69, 9.17) is 16.3 Å². The van der Waals surface area contributed by atoms with Crippen LogP contribution in [0, 0.1) is 0 Å².